The number of ether oxygens (including phenoxy) is 1. The summed E-state index contributed by atoms with van der Waals surface area (Å²) in [6, 6.07) is 9.03. The maximum absolute atomic E-state index is 12.5. The molecule has 0 saturated carbocycles. The van der Waals surface area contributed by atoms with Gasteiger partial charge in [0.2, 0.25) is 5.91 Å². The number of carbonyl (C=O) groups is 1. The lowest BCUT2D eigenvalue weighted by Crippen LogP contribution is -2.22. The van der Waals surface area contributed by atoms with Gasteiger partial charge in [-0.3, -0.25) is 4.79 Å². The van der Waals surface area contributed by atoms with Crippen molar-refractivity contribution in [1.82, 2.24) is 4.98 Å². The van der Waals surface area contributed by atoms with Crippen LogP contribution >= 0.6 is 11.8 Å². The standard InChI is InChI=1S/C16H15F3N2O2S/c1-10(15(22)21-12-4-6-13(23-2)7-5-12)24-14-8-3-11(9-20-14)16(17,18)19/h3-10H,1-2H3,(H,21,22). The predicted molar refractivity (Wildman–Crippen MR) is 86.2 cm³/mol. The predicted octanol–water partition coefficient (Wildman–Crippen LogP) is 4.23. The van der Waals surface area contributed by atoms with Crippen molar-refractivity contribution in [1.29, 1.82) is 0 Å². The molecule has 0 fully saturated rings. The van der Waals surface area contributed by atoms with Crippen molar-refractivity contribution < 1.29 is 22.7 Å². The van der Waals surface area contributed by atoms with Crippen LogP contribution in [0.2, 0.25) is 0 Å². The summed E-state index contributed by atoms with van der Waals surface area (Å²) in [6.07, 6.45) is -3.66. The third-order valence-electron chi connectivity index (χ3n) is 3.09. The highest BCUT2D eigenvalue weighted by Gasteiger charge is 2.30. The molecule has 0 aliphatic heterocycles. The fraction of sp³-hybridized carbons (Fsp3) is 0.250. The van der Waals surface area contributed by atoms with Gasteiger partial charge >= 0.3 is 6.18 Å². The van der Waals surface area contributed by atoms with E-state index in [1.54, 1.807) is 38.3 Å². The van der Waals surface area contributed by atoms with Crippen LogP contribution in [0.1, 0.15) is 12.5 Å². The summed E-state index contributed by atoms with van der Waals surface area (Å²) in [5.74, 6) is 0.399. The number of nitrogens with one attached hydrogen (secondary N) is 1. The third-order valence-corrected chi connectivity index (χ3v) is 4.14. The van der Waals surface area contributed by atoms with E-state index < -0.39 is 17.0 Å². The summed E-state index contributed by atoms with van der Waals surface area (Å²) in [5, 5.41) is 2.56. The van der Waals surface area contributed by atoms with Crippen LogP contribution in [-0.2, 0) is 11.0 Å². The summed E-state index contributed by atoms with van der Waals surface area (Å²) in [5.41, 5.74) is -0.212. The Balaban J connectivity index is 1.95. The Bertz CT molecular complexity index is 688. The number of hydrogen-bond acceptors (Lipinski definition) is 4. The average molecular weight is 356 g/mol. The molecule has 0 radical (unpaired) electrons. The van der Waals surface area contributed by atoms with Crippen LogP contribution in [0.3, 0.4) is 0 Å². The number of carbonyl (C=O) groups excluding carboxylic acids is 1. The molecule has 1 aromatic carbocycles. The molecule has 1 amide bonds. The van der Waals surface area contributed by atoms with Crippen molar-refractivity contribution in [3.8, 4) is 5.75 Å². The molecule has 0 bridgehead atoms. The first-order valence-corrected chi connectivity index (χ1v) is 7.82. The number of thioether (sulfide) groups is 1. The van der Waals surface area contributed by atoms with Gasteiger partial charge in [0.1, 0.15) is 5.75 Å². The SMILES string of the molecule is COc1ccc(NC(=O)C(C)Sc2ccc(C(F)(F)F)cn2)cc1. The first-order chi connectivity index (χ1) is 11.3. The van der Waals surface area contributed by atoms with Gasteiger partial charge in [0.25, 0.3) is 0 Å². The highest BCUT2D eigenvalue weighted by atomic mass is 32.2. The van der Waals surface area contributed by atoms with Crippen molar-refractivity contribution >= 4 is 23.4 Å². The minimum atomic E-state index is -4.42. The number of halogens is 3. The fourth-order valence-electron chi connectivity index (χ4n) is 1.77. The van der Waals surface area contributed by atoms with Crippen molar-refractivity contribution in [2.75, 3.05) is 12.4 Å². The highest BCUT2D eigenvalue weighted by molar-refractivity contribution is 8.00. The first-order valence-electron chi connectivity index (χ1n) is 6.94. The van der Waals surface area contributed by atoms with Crippen LogP contribution in [0.4, 0.5) is 18.9 Å². The van der Waals surface area contributed by atoms with E-state index in [9.17, 15) is 18.0 Å². The largest absolute Gasteiger partial charge is 0.497 e. The van der Waals surface area contributed by atoms with Gasteiger partial charge in [-0.25, -0.2) is 4.98 Å². The number of benzene rings is 1. The van der Waals surface area contributed by atoms with E-state index >= 15 is 0 Å². The second-order valence-electron chi connectivity index (χ2n) is 4.86. The second-order valence-corrected chi connectivity index (χ2v) is 6.22. The number of amides is 1. The topological polar surface area (TPSA) is 51.2 Å². The summed E-state index contributed by atoms with van der Waals surface area (Å²) in [7, 11) is 1.55. The van der Waals surface area contributed by atoms with Crippen molar-refractivity contribution in [2.24, 2.45) is 0 Å². The van der Waals surface area contributed by atoms with Crippen LogP contribution in [0.5, 0.6) is 5.75 Å². The Morgan fingerprint density at radius 3 is 2.38 bits per heavy atom. The monoisotopic (exact) mass is 356 g/mol. The van der Waals surface area contributed by atoms with Crippen LogP contribution in [-0.4, -0.2) is 23.3 Å². The Labute approximate surface area is 141 Å². The maximum Gasteiger partial charge on any atom is 0.417 e. The molecule has 128 valence electrons. The number of hydrogen-bond donors (Lipinski definition) is 1. The smallest absolute Gasteiger partial charge is 0.417 e. The number of aromatic nitrogens is 1. The van der Waals surface area contributed by atoms with Crippen molar-refractivity contribution in [3.05, 3.63) is 48.2 Å². The van der Waals surface area contributed by atoms with Crippen LogP contribution in [0.25, 0.3) is 0 Å². The van der Waals surface area contributed by atoms with Gasteiger partial charge in [0.15, 0.2) is 0 Å². The molecule has 0 spiro atoms. The van der Waals surface area contributed by atoms with Gasteiger partial charge in [-0.15, -0.1) is 0 Å². The number of rotatable bonds is 5. The Morgan fingerprint density at radius 2 is 1.88 bits per heavy atom. The van der Waals surface area contributed by atoms with Crippen molar-refractivity contribution in [2.45, 2.75) is 23.4 Å². The molecular formula is C16H15F3N2O2S. The quantitative estimate of drug-likeness (QED) is 0.815. The fourth-order valence-corrected chi connectivity index (χ4v) is 2.56. The van der Waals surface area contributed by atoms with Gasteiger partial charge in [-0.1, -0.05) is 11.8 Å². The minimum absolute atomic E-state index is 0.271. The third kappa shape index (κ3) is 4.89. The second kappa shape index (κ2) is 7.57. The molecule has 4 nitrogen and oxygen atoms in total. The number of alkyl halides is 3. The van der Waals surface area contributed by atoms with E-state index in [2.05, 4.69) is 10.3 Å². The summed E-state index contributed by atoms with van der Waals surface area (Å²) >= 11 is 1.08. The zero-order valence-electron chi connectivity index (χ0n) is 12.9. The number of anilines is 1. The number of pyridine rings is 1. The van der Waals surface area contributed by atoms with E-state index in [4.69, 9.17) is 4.74 Å². The number of methoxy groups -OCH3 is 1. The molecule has 1 aromatic heterocycles. The Hall–Kier alpha value is -2.22. The lowest BCUT2D eigenvalue weighted by molar-refractivity contribution is -0.137. The van der Waals surface area contributed by atoms with E-state index in [0.717, 1.165) is 24.0 Å². The zero-order valence-corrected chi connectivity index (χ0v) is 13.7. The molecular weight excluding hydrogens is 341 g/mol. The molecule has 1 heterocycles. The van der Waals surface area contributed by atoms with Gasteiger partial charge in [0, 0.05) is 11.9 Å². The Morgan fingerprint density at radius 1 is 1.21 bits per heavy atom. The van der Waals surface area contributed by atoms with Crippen LogP contribution < -0.4 is 10.1 Å². The van der Waals surface area contributed by atoms with E-state index in [1.807, 2.05) is 0 Å². The zero-order chi connectivity index (χ0) is 17.7. The molecule has 8 heteroatoms. The lowest BCUT2D eigenvalue weighted by Gasteiger charge is -2.12. The van der Waals surface area contributed by atoms with E-state index in [-0.39, 0.29) is 5.91 Å². The molecule has 1 N–H and O–H groups in total. The molecule has 1 atom stereocenters. The maximum atomic E-state index is 12.5. The molecule has 0 aliphatic rings. The molecule has 0 saturated heterocycles. The highest BCUT2D eigenvalue weighted by Crippen LogP contribution is 2.30. The average Bonchev–Trinajstić information content (AvgIpc) is 2.55. The molecule has 0 aliphatic carbocycles. The number of nitrogens with zero attached hydrogens (tertiary/aromatic N) is 1. The van der Waals surface area contributed by atoms with Gasteiger partial charge in [-0.05, 0) is 43.3 Å². The van der Waals surface area contributed by atoms with E-state index in [0.29, 0.717) is 16.5 Å². The summed E-state index contributed by atoms with van der Waals surface area (Å²) in [6.45, 7) is 1.66. The van der Waals surface area contributed by atoms with Crippen LogP contribution in [0, 0.1) is 0 Å². The van der Waals surface area contributed by atoms with Gasteiger partial charge in [-0.2, -0.15) is 13.2 Å². The van der Waals surface area contributed by atoms with Crippen LogP contribution in [0.15, 0.2) is 47.6 Å². The minimum Gasteiger partial charge on any atom is -0.497 e. The molecule has 2 rings (SSSR count). The van der Waals surface area contributed by atoms with E-state index in [1.165, 1.54) is 6.07 Å². The Kier molecular flexibility index (Phi) is 5.71. The first kappa shape index (κ1) is 18.1. The lowest BCUT2D eigenvalue weighted by atomic mass is 10.3. The molecule has 2 aromatic rings. The summed E-state index contributed by atoms with van der Waals surface area (Å²) in [4.78, 5) is 15.9. The van der Waals surface area contributed by atoms with Gasteiger partial charge < -0.3 is 10.1 Å². The molecule has 1 unspecified atom stereocenters. The van der Waals surface area contributed by atoms with Gasteiger partial charge in [0.05, 0.1) is 22.9 Å². The summed E-state index contributed by atoms with van der Waals surface area (Å²) < 4.78 is 42.5. The van der Waals surface area contributed by atoms with Crippen molar-refractivity contribution in [3.63, 3.8) is 0 Å². The molecule has 24 heavy (non-hydrogen) atoms. The normalized spacial score (nSPS) is 12.5.